The van der Waals surface area contributed by atoms with Crippen LogP contribution in [0.15, 0.2) is 78.9 Å². The summed E-state index contributed by atoms with van der Waals surface area (Å²) in [5.74, 6) is -4.71. The summed E-state index contributed by atoms with van der Waals surface area (Å²) in [6.45, 7) is 0. The molecule has 3 aliphatic rings. The normalized spacial score (nSPS) is 25.1. The standard InChI is InChI=1S/C26H16ClNO5/c27-17-12-6-7-13-18(17)28-24(31)19-20(25(28)32)26(33-21(19)14-8-2-1-3-9-14)22(29)15-10-4-5-11-16(15)23(26)30/h1-13,19-21H/t19-,20-,21-/m0/s1. The first-order chi connectivity index (χ1) is 16.0. The second-order valence-corrected chi connectivity index (χ2v) is 8.76. The van der Waals surface area contributed by atoms with Gasteiger partial charge in [0.1, 0.15) is 0 Å². The molecule has 0 N–H and O–H groups in total. The van der Waals surface area contributed by atoms with Crippen molar-refractivity contribution in [3.8, 4) is 0 Å². The zero-order valence-corrected chi connectivity index (χ0v) is 17.9. The highest BCUT2D eigenvalue weighted by Crippen LogP contribution is 2.58. The number of hydrogen-bond acceptors (Lipinski definition) is 5. The second-order valence-electron chi connectivity index (χ2n) is 8.36. The molecule has 7 heteroatoms. The van der Waals surface area contributed by atoms with E-state index in [-0.39, 0.29) is 21.8 Å². The average molecular weight is 458 g/mol. The van der Waals surface area contributed by atoms with Crippen molar-refractivity contribution in [2.75, 3.05) is 4.90 Å². The topological polar surface area (TPSA) is 80.8 Å². The summed E-state index contributed by atoms with van der Waals surface area (Å²) in [5.41, 5.74) is -0.848. The molecule has 2 amide bonds. The lowest BCUT2D eigenvalue weighted by Crippen LogP contribution is -2.51. The van der Waals surface area contributed by atoms with Crippen molar-refractivity contribution < 1.29 is 23.9 Å². The average Bonchev–Trinajstić information content (AvgIpc) is 3.40. The largest absolute Gasteiger partial charge is 0.349 e. The van der Waals surface area contributed by atoms with Crippen LogP contribution in [0.4, 0.5) is 5.69 Å². The van der Waals surface area contributed by atoms with E-state index < -0.39 is 46.9 Å². The molecule has 2 aliphatic heterocycles. The molecule has 0 saturated carbocycles. The molecule has 3 aromatic rings. The Labute approximate surface area is 193 Å². The molecule has 0 radical (unpaired) electrons. The van der Waals surface area contributed by atoms with Crippen LogP contribution in [0.2, 0.25) is 5.02 Å². The first-order valence-corrected chi connectivity index (χ1v) is 10.9. The third kappa shape index (κ3) is 2.47. The van der Waals surface area contributed by atoms with Gasteiger partial charge in [-0.3, -0.25) is 19.2 Å². The Hall–Kier alpha value is -3.61. The van der Waals surface area contributed by atoms with Gasteiger partial charge in [0.25, 0.3) is 0 Å². The number of imide groups is 1. The summed E-state index contributed by atoms with van der Waals surface area (Å²) < 4.78 is 6.22. The van der Waals surface area contributed by atoms with E-state index in [4.69, 9.17) is 16.3 Å². The molecule has 0 unspecified atom stereocenters. The van der Waals surface area contributed by atoms with E-state index in [1.807, 2.05) is 6.07 Å². The van der Waals surface area contributed by atoms with Crippen LogP contribution < -0.4 is 4.90 Å². The Bertz CT molecular complexity index is 1330. The summed E-state index contributed by atoms with van der Waals surface area (Å²) in [7, 11) is 0. The van der Waals surface area contributed by atoms with Gasteiger partial charge in [0.15, 0.2) is 0 Å². The van der Waals surface area contributed by atoms with E-state index in [0.717, 1.165) is 4.90 Å². The molecular formula is C26H16ClNO5. The number of amides is 2. The lowest BCUT2D eigenvalue weighted by Gasteiger charge is -2.27. The van der Waals surface area contributed by atoms with Crippen molar-refractivity contribution in [2.24, 2.45) is 11.8 Å². The third-order valence-electron chi connectivity index (χ3n) is 6.74. The van der Waals surface area contributed by atoms with Gasteiger partial charge in [-0.25, -0.2) is 4.90 Å². The highest BCUT2D eigenvalue weighted by molar-refractivity contribution is 6.39. The molecule has 1 spiro atoms. The van der Waals surface area contributed by atoms with Crippen LogP contribution in [0.3, 0.4) is 0 Å². The number of halogens is 1. The van der Waals surface area contributed by atoms with Crippen LogP contribution in [0, 0.1) is 11.8 Å². The number of anilines is 1. The van der Waals surface area contributed by atoms with Gasteiger partial charge in [-0.1, -0.05) is 78.3 Å². The van der Waals surface area contributed by atoms with Gasteiger partial charge in [0.05, 0.1) is 28.6 Å². The van der Waals surface area contributed by atoms with Gasteiger partial charge in [-0.15, -0.1) is 0 Å². The molecule has 2 saturated heterocycles. The monoisotopic (exact) mass is 457 g/mol. The Morgan fingerprint density at radius 2 is 1.30 bits per heavy atom. The number of fused-ring (bicyclic) bond motifs is 3. The molecule has 162 valence electrons. The first kappa shape index (κ1) is 20.0. The minimum Gasteiger partial charge on any atom is -0.349 e. The Kier molecular flexibility index (Phi) is 4.21. The van der Waals surface area contributed by atoms with Crippen LogP contribution in [0.25, 0.3) is 0 Å². The zero-order valence-electron chi connectivity index (χ0n) is 17.1. The summed E-state index contributed by atoms with van der Waals surface area (Å²) >= 11 is 6.32. The zero-order chi connectivity index (χ0) is 22.9. The molecule has 2 heterocycles. The highest BCUT2D eigenvalue weighted by Gasteiger charge is 2.74. The number of carbonyl (C=O) groups is 4. The van der Waals surface area contributed by atoms with Crippen LogP contribution in [-0.2, 0) is 14.3 Å². The Morgan fingerprint density at radius 1 is 0.727 bits per heavy atom. The minimum atomic E-state index is -2.09. The van der Waals surface area contributed by atoms with Crippen molar-refractivity contribution in [1.29, 1.82) is 0 Å². The van der Waals surface area contributed by atoms with Crippen LogP contribution in [0.5, 0.6) is 0 Å². The van der Waals surface area contributed by atoms with Crippen LogP contribution in [0.1, 0.15) is 32.4 Å². The second kappa shape index (κ2) is 6.94. The number of Topliss-reactive ketones (excluding diaryl/α,β-unsaturated/α-hetero) is 2. The lowest BCUT2D eigenvalue weighted by molar-refractivity contribution is -0.127. The number of ether oxygens (including phenoxy) is 1. The van der Waals surface area contributed by atoms with Crippen molar-refractivity contribution in [1.82, 2.24) is 0 Å². The van der Waals surface area contributed by atoms with Gasteiger partial charge in [-0.2, -0.15) is 0 Å². The van der Waals surface area contributed by atoms with Crippen molar-refractivity contribution in [2.45, 2.75) is 11.7 Å². The Morgan fingerprint density at radius 3 is 1.94 bits per heavy atom. The number of carbonyl (C=O) groups excluding carboxylic acids is 4. The van der Waals surface area contributed by atoms with Gasteiger partial charge in [0.2, 0.25) is 29.0 Å². The van der Waals surface area contributed by atoms with E-state index in [9.17, 15) is 19.2 Å². The van der Waals surface area contributed by atoms with Crippen LogP contribution >= 0.6 is 11.6 Å². The molecular weight excluding hydrogens is 442 g/mol. The molecule has 3 aromatic carbocycles. The molecule has 33 heavy (non-hydrogen) atoms. The number of ketones is 2. The van der Waals surface area contributed by atoms with Gasteiger partial charge >= 0.3 is 0 Å². The summed E-state index contributed by atoms with van der Waals surface area (Å²) in [5, 5.41) is 0.220. The van der Waals surface area contributed by atoms with E-state index >= 15 is 0 Å². The van der Waals surface area contributed by atoms with Crippen molar-refractivity contribution in [3.63, 3.8) is 0 Å². The third-order valence-corrected chi connectivity index (χ3v) is 7.06. The summed E-state index contributed by atoms with van der Waals surface area (Å²) in [6.07, 6.45) is -0.942. The highest BCUT2D eigenvalue weighted by atomic mass is 35.5. The predicted molar refractivity (Wildman–Crippen MR) is 119 cm³/mol. The van der Waals surface area contributed by atoms with E-state index in [2.05, 4.69) is 0 Å². The number of benzene rings is 3. The maximum Gasteiger partial charge on any atom is 0.241 e. The number of hydrogen-bond donors (Lipinski definition) is 0. The maximum atomic E-state index is 13.8. The lowest BCUT2D eigenvalue weighted by atomic mass is 9.77. The molecule has 3 atom stereocenters. The fourth-order valence-electron chi connectivity index (χ4n) is 5.33. The van der Waals surface area contributed by atoms with E-state index in [1.54, 1.807) is 72.8 Å². The summed E-state index contributed by atoms with van der Waals surface area (Å²) in [6, 6.07) is 21.8. The molecule has 0 aromatic heterocycles. The number of para-hydroxylation sites is 1. The SMILES string of the molecule is O=C1[C@H]2[C@@H](C(=O)N1c1ccccc1Cl)C1(O[C@H]2c2ccccc2)C(=O)c2ccccc2C1=O. The summed E-state index contributed by atoms with van der Waals surface area (Å²) in [4.78, 5) is 55.8. The van der Waals surface area contributed by atoms with Crippen LogP contribution in [-0.4, -0.2) is 29.0 Å². The van der Waals surface area contributed by atoms with E-state index in [0.29, 0.717) is 5.56 Å². The Balaban J connectivity index is 1.57. The fraction of sp³-hybridized carbons (Fsp3) is 0.154. The van der Waals surface area contributed by atoms with E-state index in [1.165, 1.54) is 0 Å². The fourth-order valence-corrected chi connectivity index (χ4v) is 5.55. The smallest absolute Gasteiger partial charge is 0.241 e. The minimum absolute atomic E-state index is 0.200. The molecule has 2 fully saturated rings. The number of rotatable bonds is 2. The molecule has 1 aliphatic carbocycles. The molecule has 6 nitrogen and oxygen atoms in total. The predicted octanol–water partition coefficient (Wildman–Crippen LogP) is 4.04. The van der Waals surface area contributed by atoms with Gasteiger partial charge < -0.3 is 4.74 Å². The van der Waals surface area contributed by atoms with Crippen molar-refractivity contribution >= 4 is 40.7 Å². The number of nitrogens with zero attached hydrogens (tertiary/aromatic N) is 1. The van der Waals surface area contributed by atoms with Crippen molar-refractivity contribution in [3.05, 3.63) is 101 Å². The first-order valence-electron chi connectivity index (χ1n) is 10.5. The van der Waals surface area contributed by atoms with Gasteiger partial charge in [-0.05, 0) is 17.7 Å². The quantitative estimate of drug-likeness (QED) is 0.428. The maximum absolute atomic E-state index is 13.8. The van der Waals surface area contributed by atoms with Gasteiger partial charge in [0, 0.05) is 11.1 Å². The molecule has 0 bridgehead atoms. The molecule has 6 rings (SSSR count).